The van der Waals surface area contributed by atoms with Crippen LogP contribution in [0.3, 0.4) is 0 Å². The molecule has 3 aromatic rings. The fourth-order valence-electron chi connectivity index (χ4n) is 3.53. The second-order valence-corrected chi connectivity index (χ2v) is 7.07. The summed E-state index contributed by atoms with van der Waals surface area (Å²) in [5.74, 6) is 0.793. The maximum atomic E-state index is 12.4. The third-order valence-corrected chi connectivity index (χ3v) is 5.13. The van der Waals surface area contributed by atoms with Gasteiger partial charge in [-0.05, 0) is 25.1 Å². The highest BCUT2D eigenvalue weighted by Crippen LogP contribution is 2.21. The van der Waals surface area contributed by atoms with Crippen LogP contribution < -0.4 is 10.5 Å². The number of aliphatic hydroxyl groups excluding tert-OH is 1. The first kappa shape index (κ1) is 18.5. The molecule has 0 bridgehead atoms. The van der Waals surface area contributed by atoms with E-state index >= 15 is 0 Å². The molecular weight excluding hydrogens is 356 g/mol. The lowest BCUT2D eigenvalue weighted by Gasteiger charge is -2.36. The summed E-state index contributed by atoms with van der Waals surface area (Å²) >= 11 is 0. The molecule has 0 unspecified atom stereocenters. The van der Waals surface area contributed by atoms with Gasteiger partial charge in [0.15, 0.2) is 0 Å². The van der Waals surface area contributed by atoms with Gasteiger partial charge in [-0.1, -0.05) is 0 Å². The van der Waals surface area contributed by atoms with E-state index in [2.05, 4.69) is 24.8 Å². The summed E-state index contributed by atoms with van der Waals surface area (Å²) in [4.78, 5) is 30.1. The SMILES string of the molecule is Cc1ncc(CN2CCN(c3ccc4c(=O)n(CCO)cnc4c3)CC2)cn1. The monoisotopic (exact) mass is 380 g/mol. The van der Waals surface area contributed by atoms with Crippen LogP contribution >= 0.6 is 0 Å². The van der Waals surface area contributed by atoms with Gasteiger partial charge in [-0.3, -0.25) is 14.3 Å². The number of fused-ring (bicyclic) bond motifs is 1. The van der Waals surface area contributed by atoms with Gasteiger partial charge in [0.2, 0.25) is 0 Å². The van der Waals surface area contributed by atoms with Crippen molar-refractivity contribution in [3.63, 3.8) is 0 Å². The van der Waals surface area contributed by atoms with Crippen molar-refractivity contribution < 1.29 is 5.11 Å². The maximum Gasteiger partial charge on any atom is 0.261 e. The molecule has 0 radical (unpaired) electrons. The third kappa shape index (κ3) is 3.88. The van der Waals surface area contributed by atoms with Crippen molar-refractivity contribution in [3.05, 3.63) is 58.7 Å². The van der Waals surface area contributed by atoms with Crippen LogP contribution in [0.2, 0.25) is 0 Å². The van der Waals surface area contributed by atoms with Crippen LogP contribution in [0, 0.1) is 6.92 Å². The first-order valence-electron chi connectivity index (χ1n) is 9.49. The number of nitrogens with zero attached hydrogens (tertiary/aromatic N) is 6. The Kier molecular flexibility index (Phi) is 5.31. The molecule has 0 saturated carbocycles. The van der Waals surface area contributed by atoms with Crippen molar-refractivity contribution in [1.82, 2.24) is 24.4 Å². The van der Waals surface area contributed by atoms with E-state index in [9.17, 15) is 4.79 Å². The van der Waals surface area contributed by atoms with E-state index in [1.54, 1.807) is 0 Å². The first-order valence-corrected chi connectivity index (χ1v) is 9.49. The van der Waals surface area contributed by atoms with Crippen LogP contribution in [-0.2, 0) is 13.1 Å². The van der Waals surface area contributed by atoms with Crippen molar-refractivity contribution in [2.75, 3.05) is 37.7 Å². The van der Waals surface area contributed by atoms with E-state index < -0.39 is 0 Å². The number of aryl methyl sites for hydroxylation is 1. The number of aromatic nitrogens is 4. The van der Waals surface area contributed by atoms with Gasteiger partial charge < -0.3 is 10.0 Å². The average molecular weight is 380 g/mol. The summed E-state index contributed by atoms with van der Waals surface area (Å²) in [7, 11) is 0. The number of piperazine rings is 1. The summed E-state index contributed by atoms with van der Waals surface area (Å²) < 4.78 is 1.44. The van der Waals surface area contributed by atoms with Crippen LogP contribution in [0.15, 0.2) is 41.7 Å². The van der Waals surface area contributed by atoms with Crippen LogP contribution in [0.5, 0.6) is 0 Å². The molecule has 1 N–H and O–H groups in total. The normalized spacial score (nSPS) is 15.3. The Morgan fingerprint density at radius 3 is 2.54 bits per heavy atom. The van der Waals surface area contributed by atoms with Crippen LogP contribution in [0.25, 0.3) is 10.9 Å². The highest BCUT2D eigenvalue weighted by molar-refractivity contribution is 5.81. The molecule has 1 aliphatic rings. The molecule has 0 atom stereocenters. The fourth-order valence-corrected chi connectivity index (χ4v) is 3.53. The molecule has 1 aliphatic heterocycles. The van der Waals surface area contributed by atoms with E-state index in [-0.39, 0.29) is 18.7 Å². The molecule has 8 heteroatoms. The highest BCUT2D eigenvalue weighted by atomic mass is 16.3. The smallest absolute Gasteiger partial charge is 0.261 e. The number of hydrogen-bond acceptors (Lipinski definition) is 7. The molecule has 4 rings (SSSR count). The van der Waals surface area contributed by atoms with Crippen molar-refractivity contribution >= 4 is 16.6 Å². The van der Waals surface area contributed by atoms with Gasteiger partial charge in [-0.15, -0.1) is 0 Å². The molecule has 0 aliphatic carbocycles. The van der Waals surface area contributed by atoms with Gasteiger partial charge in [0.1, 0.15) is 5.82 Å². The lowest BCUT2D eigenvalue weighted by molar-refractivity contribution is 0.249. The molecule has 0 spiro atoms. The highest BCUT2D eigenvalue weighted by Gasteiger charge is 2.18. The van der Waals surface area contributed by atoms with E-state index in [4.69, 9.17) is 5.11 Å². The third-order valence-electron chi connectivity index (χ3n) is 5.13. The minimum Gasteiger partial charge on any atom is -0.395 e. The molecule has 1 aromatic carbocycles. The zero-order valence-corrected chi connectivity index (χ0v) is 16.0. The molecule has 0 amide bonds. The minimum atomic E-state index is -0.115. The van der Waals surface area contributed by atoms with Crippen LogP contribution in [0.4, 0.5) is 5.69 Å². The summed E-state index contributed by atoms with van der Waals surface area (Å²) in [5, 5.41) is 9.63. The summed E-state index contributed by atoms with van der Waals surface area (Å²) in [6.07, 6.45) is 5.30. The van der Waals surface area contributed by atoms with Gasteiger partial charge >= 0.3 is 0 Å². The standard InChI is InChI=1S/C20H24N6O2/c1-15-21-11-16(12-22-15)13-24-4-6-25(7-5-24)17-2-3-18-19(10-17)23-14-26(8-9-27)20(18)28/h2-3,10-12,14,27H,4-9,13H2,1H3. The number of anilines is 1. The largest absolute Gasteiger partial charge is 0.395 e. The van der Waals surface area contributed by atoms with Crippen molar-refractivity contribution in [2.45, 2.75) is 20.0 Å². The molecule has 3 heterocycles. The zero-order chi connectivity index (χ0) is 19.5. The quantitative estimate of drug-likeness (QED) is 0.701. The van der Waals surface area contributed by atoms with Crippen LogP contribution in [0.1, 0.15) is 11.4 Å². The Balaban J connectivity index is 1.44. The van der Waals surface area contributed by atoms with Gasteiger partial charge in [-0.25, -0.2) is 15.0 Å². The van der Waals surface area contributed by atoms with Crippen LogP contribution in [-0.4, -0.2) is 62.3 Å². The minimum absolute atomic E-state index is 0.0792. The van der Waals surface area contributed by atoms with Gasteiger partial charge in [-0.2, -0.15) is 0 Å². The summed E-state index contributed by atoms with van der Waals surface area (Å²) in [6, 6.07) is 5.80. The van der Waals surface area contributed by atoms with Crippen molar-refractivity contribution in [3.8, 4) is 0 Å². The van der Waals surface area contributed by atoms with Crippen molar-refractivity contribution in [1.29, 1.82) is 0 Å². The van der Waals surface area contributed by atoms with Gasteiger partial charge in [0.05, 0.1) is 30.4 Å². The van der Waals surface area contributed by atoms with E-state index in [1.807, 2.05) is 37.5 Å². The molecule has 146 valence electrons. The number of hydrogen-bond donors (Lipinski definition) is 1. The molecule has 1 saturated heterocycles. The Morgan fingerprint density at radius 1 is 1.07 bits per heavy atom. The van der Waals surface area contributed by atoms with E-state index in [1.165, 1.54) is 10.9 Å². The number of benzene rings is 1. The summed E-state index contributed by atoms with van der Waals surface area (Å²) in [5.41, 5.74) is 2.79. The lowest BCUT2D eigenvalue weighted by atomic mass is 10.2. The predicted octanol–water partition coefficient (Wildman–Crippen LogP) is 0.809. The Morgan fingerprint density at radius 2 is 1.82 bits per heavy atom. The molecular formula is C20H24N6O2. The maximum absolute atomic E-state index is 12.4. The molecule has 8 nitrogen and oxygen atoms in total. The second-order valence-electron chi connectivity index (χ2n) is 7.07. The zero-order valence-electron chi connectivity index (χ0n) is 16.0. The van der Waals surface area contributed by atoms with E-state index in [0.29, 0.717) is 10.9 Å². The number of rotatable bonds is 5. The topological polar surface area (TPSA) is 87.4 Å². The molecule has 28 heavy (non-hydrogen) atoms. The van der Waals surface area contributed by atoms with E-state index in [0.717, 1.165) is 49.8 Å². The van der Waals surface area contributed by atoms with Crippen molar-refractivity contribution in [2.24, 2.45) is 0 Å². The lowest BCUT2D eigenvalue weighted by Crippen LogP contribution is -2.46. The molecule has 1 fully saturated rings. The van der Waals surface area contributed by atoms with Gasteiger partial charge in [0, 0.05) is 56.4 Å². The second kappa shape index (κ2) is 8.04. The summed E-state index contributed by atoms with van der Waals surface area (Å²) in [6.45, 7) is 6.68. The fraction of sp³-hybridized carbons (Fsp3) is 0.400. The first-order chi connectivity index (χ1) is 13.6. The Bertz CT molecular complexity index is 1010. The molecule has 2 aromatic heterocycles. The predicted molar refractivity (Wildman–Crippen MR) is 107 cm³/mol. The number of aliphatic hydroxyl groups is 1. The Hall–Kier alpha value is -2.84. The average Bonchev–Trinajstić information content (AvgIpc) is 2.72. The van der Waals surface area contributed by atoms with Gasteiger partial charge in [0.25, 0.3) is 5.56 Å². The Labute approximate surface area is 163 Å².